The standard InChI is InChI=1S/C16H20N2O3/c1-11-7-12(2)10-16(3,9-11)21-15-8-13(18(19)20)5-6-14(15)17-4/h5-9,17H,10H2,1-4H3. The van der Waals surface area contributed by atoms with E-state index in [-0.39, 0.29) is 5.69 Å². The number of nitro groups is 1. The minimum Gasteiger partial charge on any atom is -0.481 e. The Bertz CT molecular complexity index is 634. The molecule has 1 aliphatic carbocycles. The molecule has 112 valence electrons. The maximum absolute atomic E-state index is 10.9. The molecule has 0 aliphatic heterocycles. The second kappa shape index (κ2) is 5.60. The zero-order chi connectivity index (χ0) is 15.6. The normalized spacial score (nSPS) is 21.3. The van der Waals surface area contributed by atoms with E-state index in [1.54, 1.807) is 13.1 Å². The van der Waals surface area contributed by atoms with Crippen LogP contribution in [0.2, 0.25) is 0 Å². The van der Waals surface area contributed by atoms with Crippen molar-refractivity contribution < 1.29 is 9.66 Å². The summed E-state index contributed by atoms with van der Waals surface area (Å²) in [5.41, 5.74) is 2.63. The van der Waals surface area contributed by atoms with Gasteiger partial charge in [0.15, 0.2) is 5.75 Å². The molecule has 2 rings (SSSR count). The number of benzene rings is 1. The molecule has 0 spiro atoms. The van der Waals surface area contributed by atoms with Crippen LogP contribution in [0.15, 0.2) is 41.5 Å². The molecule has 1 N–H and O–H groups in total. The Kier molecular flexibility index (Phi) is 4.02. The van der Waals surface area contributed by atoms with Gasteiger partial charge < -0.3 is 10.1 Å². The average molecular weight is 288 g/mol. The molecule has 5 nitrogen and oxygen atoms in total. The van der Waals surface area contributed by atoms with Crippen molar-refractivity contribution >= 4 is 11.4 Å². The number of allylic oxidation sites excluding steroid dienone is 2. The summed E-state index contributed by atoms with van der Waals surface area (Å²) in [6, 6.07) is 4.60. The highest BCUT2D eigenvalue weighted by Crippen LogP contribution is 2.36. The lowest BCUT2D eigenvalue weighted by Crippen LogP contribution is -2.32. The van der Waals surface area contributed by atoms with Crippen LogP contribution in [0.3, 0.4) is 0 Å². The number of nitro benzene ring substituents is 1. The van der Waals surface area contributed by atoms with Crippen LogP contribution in [0, 0.1) is 10.1 Å². The van der Waals surface area contributed by atoms with E-state index in [4.69, 9.17) is 4.74 Å². The smallest absolute Gasteiger partial charge is 0.273 e. The third kappa shape index (κ3) is 3.42. The number of non-ortho nitro benzene ring substituents is 1. The van der Waals surface area contributed by atoms with Gasteiger partial charge in [0.1, 0.15) is 5.60 Å². The Hall–Kier alpha value is -2.30. The van der Waals surface area contributed by atoms with Gasteiger partial charge in [-0.1, -0.05) is 17.2 Å². The fourth-order valence-corrected chi connectivity index (χ4v) is 2.80. The first-order valence-electron chi connectivity index (χ1n) is 6.85. The van der Waals surface area contributed by atoms with E-state index in [1.807, 2.05) is 13.8 Å². The van der Waals surface area contributed by atoms with Crippen molar-refractivity contribution in [2.45, 2.75) is 32.8 Å². The van der Waals surface area contributed by atoms with Crippen LogP contribution in [0.1, 0.15) is 27.2 Å². The predicted octanol–water partition coefficient (Wildman–Crippen LogP) is 4.07. The van der Waals surface area contributed by atoms with Crippen molar-refractivity contribution in [1.29, 1.82) is 0 Å². The van der Waals surface area contributed by atoms with Crippen molar-refractivity contribution in [2.75, 3.05) is 12.4 Å². The summed E-state index contributed by atoms with van der Waals surface area (Å²) >= 11 is 0. The summed E-state index contributed by atoms with van der Waals surface area (Å²) in [6.07, 6.45) is 4.94. The van der Waals surface area contributed by atoms with Gasteiger partial charge in [0.05, 0.1) is 16.7 Å². The van der Waals surface area contributed by atoms with E-state index >= 15 is 0 Å². The number of ether oxygens (including phenoxy) is 1. The molecule has 0 radical (unpaired) electrons. The summed E-state index contributed by atoms with van der Waals surface area (Å²) in [5, 5.41) is 13.9. The summed E-state index contributed by atoms with van der Waals surface area (Å²) in [4.78, 5) is 10.5. The molecule has 0 saturated heterocycles. The number of nitrogens with zero attached hydrogens (tertiary/aromatic N) is 1. The third-order valence-electron chi connectivity index (χ3n) is 3.43. The lowest BCUT2D eigenvalue weighted by Gasteiger charge is -2.32. The minimum atomic E-state index is -0.496. The van der Waals surface area contributed by atoms with Crippen LogP contribution in [-0.4, -0.2) is 17.6 Å². The van der Waals surface area contributed by atoms with Gasteiger partial charge in [0.2, 0.25) is 0 Å². The van der Waals surface area contributed by atoms with Crippen LogP contribution in [0.5, 0.6) is 5.75 Å². The van der Waals surface area contributed by atoms with Gasteiger partial charge >= 0.3 is 0 Å². The van der Waals surface area contributed by atoms with Gasteiger partial charge in [-0.3, -0.25) is 10.1 Å². The summed E-state index contributed by atoms with van der Waals surface area (Å²) < 4.78 is 6.11. The molecule has 0 aromatic heterocycles. The van der Waals surface area contributed by atoms with Crippen LogP contribution < -0.4 is 10.1 Å². The van der Waals surface area contributed by atoms with Gasteiger partial charge in [-0.2, -0.15) is 0 Å². The summed E-state index contributed by atoms with van der Waals surface area (Å²) in [5.74, 6) is 0.493. The Balaban J connectivity index is 2.36. The minimum absolute atomic E-state index is 0.0244. The molecule has 5 heteroatoms. The Morgan fingerprint density at radius 1 is 1.38 bits per heavy atom. The van der Waals surface area contributed by atoms with E-state index in [0.717, 1.165) is 17.7 Å². The Morgan fingerprint density at radius 3 is 2.67 bits per heavy atom. The first kappa shape index (κ1) is 15.1. The zero-order valence-electron chi connectivity index (χ0n) is 12.8. The average Bonchev–Trinajstić information content (AvgIpc) is 2.36. The quantitative estimate of drug-likeness (QED) is 0.670. The number of anilines is 1. The van der Waals surface area contributed by atoms with Gasteiger partial charge in [-0.15, -0.1) is 0 Å². The van der Waals surface area contributed by atoms with E-state index in [2.05, 4.69) is 24.4 Å². The Morgan fingerprint density at radius 2 is 2.10 bits per heavy atom. The van der Waals surface area contributed by atoms with E-state index < -0.39 is 10.5 Å². The molecule has 1 aliphatic rings. The van der Waals surface area contributed by atoms with Crippen molar-refractivity contribution in [1.82, 2.24) is 0 Å². The molecular weight excluding hydrogens is 268 g/mol. The summed E-state index contributed by atoms with van der Waals surface area (Å²) in [7, 11) is 1.77. The highest BCUT2D eigenvalue weighted by Gasteiger charge is 2.28. The van der Waals surface area contributed by atoms with E-state index in [1.165, 1.54) is 17.7 Å². The molecular formula is C16H20N2O3. The predicted molar refractivity (Wildman–Crippen MR) is 83.8 cm³/mol. The SMILES string of the molecule is CNc1ccc([N+](=O)[O-])cc1OC1(C)C=C(C)C=C(C)C1. The van der Waals surface area contributed by atoms with Gasteiger partial charge in [-0.25, -0.2) is 0 Å². The molecule has 0 saturated carbocycles. The number of hydrogen-bond acceptors (Lipinski definition) is 4. The van der Waals surface area contributed by atoms with Crippen molar-refractivity contribution in [2.24, 2.45) is 0 Å². The second-order valence-electron chi connectivity index (χ2n) is 5.66. The molecule has 21 heavy (non-hydrogen) atoms. The van der Waals surface area contributed by atoms with Gasteiger partial charge in [0.25, 0.3) is 5.69 Å². The molecule has 1 atom stereocenters. The number of hydrogen-bond donors (Lipinski definition) is 1. The molecule has 0 heterocycles. The topological polar surface area (TPSA) is 64.4 Å². The van der Waals surface area contributed by atoms with Crippen LogP contribution in [0.25, 0.3) is 0 Å². The highest BCUT2D eigenvalue weighted by molar-refractivity contribution is 5.60. The third-order valence-corrected chi connectivity index (χ3v) is 3.43. The molecule has 1 aromatic rings. The van der Waals surface area contributed by atoms with E-state index in [9.17, 15) is 10.1 Å². The van der Waals surface area contributed by atoms with Crippen LogP contribution >= 0.6 is 0 Å². The van der Waals surface area contributed by atoms with Crippen molar-refractivity contribution in [3.63, 3.8) is 0 Å². The molecule has 1 unspecified atom stereocenters. The maximum Gasteiger partial charge on any atom is 0.273 e. The lowest BCUT2D eigenvalue weighted by molar-refractivity contribution is -0.384. The number of rotatable bonds is 4. The first-order chi connectivity index (χ1) is 9.83. The maximum atomic E-state index is 10.9. The number of nitrogens with one attached hydrogen (secondary N) is 1. The first-order valence-corrected chi connectivity index (χ1v) is 6.85. The fraction of sp³-hybridized carbons (Fsp3) is 0.375. The van der Waals surface area contributed by atoms with Crippen molar-refractivity contribution in [3.05, 3.63) is 51.6 Å². The largest absolute Gasteiger partial charge is 0.481 e. The second-order valence-corrected chi connectivity index (χ2v) is 5.66. The van der Waals surface area contributed by atoms with E-state index in [0.29, 0.717) is 5.75 Å². The molecule has 0 amide bonds. The lowest BCUT2D eigenvalue weighted by atomic mass is 9.89. The van der Waals surface area contributed by atoms with Crippen LogP contribution in [-0.2, 0) is 0 Å². The Labute approximate surface area is 124 Å². The highest BCUT2D eigenvalue weighted by atomic mass is 16.6. The zero-order valence-corrected chi connectivity index (χ0v) is 12.8. The molecule has 1 aromatic carbocycles. The van der Waals surface area contributed by atoms with Gasteiger partial charge in [-0.05, 0) is 32.9 Å². The van der Waals surface area contributed by atoms with Gasteiger partial charge in [0, 0.05) is 19.5 Å². The molecule has 0 bridgehead atoms. The summed E-state index contributed by atoms with van der Waals surface area (Å²) in [6.45, 7) is 6.08. The van der Waals surface area contributed by atoms with Crippen molar-refractivity contribution in [3.8, 4) is 5.75 Å². The monoisotopic (exact) mass is 288 g/mol. The van der Waals surface area contributed by atoms with Crippen LogP contribution in [0.4, 0.5) is 11.4 Å². The fourth-order valence-electron chi connectivity index (χ4n) is 2.80. The molecule has 0 fully saturated rings.